The van der Waals surface area contributed by atoms with Gasteiger partial charge in [-0.05, 0) is 67.1 Å². The smallest absolute Gasteiger partial charge is 0.318 e. The second-order valence-electron chi connectivity index (χ2n) is 8.01. The van der Waals surface area contributed by atoms with Crippen LogP contribution in [0.5, 0.6) is 0 Å². The highest BCUT2D eigenvalue weighted by molar-refractivity contribution is 8.27. The standard InChI is InChI=1S/C24H17F3N6OS2/c1-13-9-16(14(2)32(13)18-7-3-5-15(10-18)21-28-30-31-29-21)11-20-22(34)33(23(35)36-20)19-8-4-6-17(12-19)24(25,26)27/h3-12H,1-2H3,(H,28,29,30,31)/b20-11-. The zero-order valence-electron chi connectivity index (χ0n) is 18.9. The van der Waals surface area contributed by atoms with Crippen LogP contribution in [0.4, 0.5) is 18.9 Å². The van der Waals surface area contributed by atoms with Crippen molar-refractivity contribution in [3.05, 3.63) is 82.0 Å². The van der Waals surface area contributed by atoms with Gasteiger partial charge in [-0.1, -0.05) is 42.2 Å². The first kappa shape index (κ1) is 23.9. The van der Waals surface area contributed by atoms with Crippen LogP contribution in [0, 0.1) is 13.8 Å². The summed E-state index contributed by atoms with van der Waals surface area (Å²) in [5.74, 6) is 0.00559. The highest BCUT2D eigenvalue weighted by Gasteiger charge is 2.36. The third-order valence-corrected chi connectivity index (χ3v) is 6.99. The monoisotopic (exact) mass is 526 g/mol. The molecule has 1 amide bonds. The lowest BCUT2D eigenvalue weighted by atomic mass is 10.1. The van der Waals surface area contributed by atoms with Crippen molar-refractivity contribution in [2.75, 3.05) is 4.90 Å². The number of rotatable bonds is 4. The number of nitrogens with zero attached hydrogens (tertiary/aromatic N) is 5. The first-order valence-electron chi connectivity index (χ1n) is 10.6. The van der Waals surface area contributed by atoms with Crippen molar-refractivity contribution in [3.8, 4) is 17.1 Å². The number of H-pyrrole nitrogens is 1. The Morgan fingerprint density at radius 2 is 1.81 bits per heavy atom. The highest BCUT2D eigenvalue weighted by atomic mass is 32.2. The van der Waals surface area contributed by atoms with Crippen LogP contribution in [0.3, 0.4) is 0 Å². The summed E-state index contributed by atoms with van der Waals surface area (Å²) in [6, 6.07) is 14.2. The third-order valence-electron chi connectivity index (χ3n) is 5.69. The van der Waals surface area contributed by atoms with Crippen molar-refractivity contribution in [3.63, 3.8) is 0 Å². The zero-order valence-corrected chi connectivity index (χ0v) is 20.5. The quantitative estimate of drug-likeness (QED) is 0.272. The summed E-state index contributed by atoms with van der Waals surface area (Å²) < 4.78 is 41.7. The number of carbonyl (C=O) groups excluding carboxylic acids is 1. The maximum atomic E-state index is 13.2. The van der Waals surface area contributed by atoms with Crippen molar-refractivity contribution < 1.29 is 18.0 Å². The molecule has 1 saturated heterocycles. The Balaban J connectivity index is 1.48. The average molecular weight is 527 g/mol. The first-order valence-corrected chi connectivity index (χ1v) is 11.8. The molecule has 0 spiro atoms. The summed E-state index contributed by atoms with van der Waals surface area (Å²) in [6.07, 6.45) is -2.81. The van der Waals surface area contributed by atoms with E-state index in [1.807, 2.05) is 48.7 Å². The minimum Gasteiger partial charge on any atom is -0.318 e. The minimum absolute atomic E-state index is 0.0829. The number of tetrazole rings is 1. The van der Waals surface area contributed by atoms with Gasteiger partial charge in [0.1, 0.15) is 0 Å². The van der Waals surface area contributed by atoms with E-state index in [0.29, 0.717) is 10.7 Å². The van der Waals surface area contributed by atoms with Gasteiger partial charge in [-0.15, -0.1) is 10.2 Å². The van der Waals surface area contributed by atoms with E-state index in [1.165, 1.54) is 12.1 Å². The van der Waals surface area contributed by atoms with Crippen LogP contribution in [0.2, 0.25) is 0 Å². The molecule has 3 heterocycles. The van der Waals surface area contributed by atoms with Crippen LogP contribution < -0.4 is 4.90 Å². The van der Waals surface area contributed by atoms with Gasteiger partial charge in [0, 0.05) is 22.6 Å². The molecule has 1 N–H and O–H groups in total. The lowest BCUT2D eigenvalue weighted by Gasteiger charge is -2.16. The number of anilines is 1. The van der Waals surface area contributed by atoms with Crippen LogP contribution >= 0.6 is 24.0 Å². The van der Waals surface area contributed by atoms with Crippen LogP contribution in [0.25, 0.3) is 23.2 Å². The summed E-state index contributed by atoms with van der Waals surface area (Å²) >= 11 is 6.40. The molecule has 1 aliphatic rings. The summed E-state index contributed by atoms with van der Waals surface area (Å²) in [4.78, 5) is 14.6. The molecular weight excluding hydrogens is 509 g/mol. The van der Waals surface area contributed by atoms with Crippen LogP contribution in [-0.2, 0) is 11.0 Å². The Morgan fingerprint density at radius 1 is 1.06 bits per heavy atom. The molecule has 0 bridgehead atoms. The molecule has 2 aromatic carbocycles. The SMILES string of the molecule is Cc1cc(/C=C2\SC(=S)N(c3cccc(C(F)(F)F)c3)C2=O)c(C)n1-c1cccc(-c2nn[nH]n2)c1. The maximum absolute atomic E-state index is 13.2. The predicted molar refractivity (Wildman–Crippen MR) is 136 cm³/mol. The molecule has 5 rings (SSSR count). The Labute approximate surface area is 213 Å². The van der Waals surface area contributed by atoms with E-state index in [0.717, 1.165) is 57.0 Å². The Bertz CT molecular complexity index is 1530. The lowest BCUT2D eigenvalue weighted by molar-refractivity contribution is -0.137. The van der Waals surface area contributed by atoms with E-state index in [4.69, 9.17) is 12.2 Å². The molecular formula is C24H17F3N6OS2. The largest absolute Gasteiger partial charge is 0.416 e. The van der Waals surface area contributed by atoms with Gasteiger partial charge < -0.3 is 4.57 Å². The number of hydrogen-bond acceptors (Lipinski definition) is 6. The summed E-state index contributed by atoms with van der Waals surface area (Å²) in [5.41, 5.74) is 3.51. The van der Waals surface area contributed by atoms with Gasteiger partial charge in [-0.2, -0.15) is 18.4 Å². The second kappa shape index (κ2) is 9.03. The molecule has 2 aromatic heterocycles. The molecule has 0 aliphatic carbocycles. The minimum atomic E-state index is -4.52. The predicted octanol–water partition coefficient (Wildman–Crippen LogP) is 5.70. The average Bonchev–Trinajstić information content (AvgIpc) is 3.53. The molecule has 0 unspecified atom stereocenters. The van der Waals surface area contributed by atoms with Crippen molar-refractivity contribution >= 4 is 46.0 Å². The van der Waals surface area contributed by atoms with Crippen molar-refractivity contribution in [1.82, 2.24) is 25.2 Å². The number of aromatic amines is 1. The first-order chi connectivity index (χ1) is 17.1. The normalized spacial score (nSPS) is 15.4. The van der Waals surface area contributed by atoms with Gasteiger partial charge in [-0.25, -0.2) is 0 Å². The number of aromatic nitrogens is 5. The summed E-state index contributed by atoms with van der Waals surface area (Å²) in [7, 11) is 0. The Kier molecular flexibility index (Phi) is 6.00. The number of benzene rings is 2. The Hall–Kier alpha value is -3.77. The van der Waals surface area contributed by atoms with Crippen molar-refractivity contribution in [2.45, 2.75) is 20.0 Å². The van der Waals surface area contributed by atoms with Gasteiger partial charge in [0.25, 0.3) is 5.91 Å². The van der Waals surface area contributed by atoms with E-state index < -0.39 is 17.6 Å². The van der Waals surface area contributed by atoms with E-state index in [-0.39, 0.29) is 10.0 Å². The maximum Gasteiger partial charge on any atom is 0.416 e. The number of alkyl halides is 3. The lowest BCUT2D eigenvalue weighted by Crippen LogP contribution is -2.27. The van der Waals surface area contributed by atoms with Crippen LogP contribution in [-0.4, -0.2) is 35.4 Å². The van der Waals surface area contributed by atoms with Crippen LogP contribution in [0.1, 0.15) is 22.5 Å². The van der Waals surface area contributed by atoms with E-state index in [2.05, 4.69) is 20.6 Å². The van der Waals surface area contributed by atoms with Gasteiger partial charge in [-0.3, -0.25) is 9.69 Å². The number of thioether (sulfide) groups is 1. The summed E-state index contributed by atoms with van der Waals surface area (Å²) in [5, 5.41) is 14.1. The fraction of sp³-hybridized carbons (Fsp3) is 0.125. The highest BCUT2D eigenvalue weighted by Crippen LogP contribution is 2.39. The van der Waals surface area contributed by atoms with Gasteiger partial charge in [0.15, 0.2) is 4.32 Å². The van der Waals surface area contributed by atoms with E-state index in [9.17, 15) is 18.0 Å². The van der Waals surface area contributed by atoms with Crippen molar-refractivity contribution in [2.24, 2.45) is 0 Å². The van der Waals surface area contributed by atoms with Gasteiger partial charge >= 0.3 is 6.18 Å². The molecule has 7 nitrogen and oxygen atoms in total. The number of aryl methyl sites for hydroxylation is 1. The van der Waals surface area contributed by atoms with Gasteiger partial charge in [0.2, 0.25) is 5.82 Å². The number of nitrogens with one attached hydrogen (secondary N) is 1. The molecule has 0 saturated carbocycles. The number of halogens is 3. The van der Waals surface area contributed by atoms with E-state index >= 15 is 0 Å². The van der Waals surface area contributed by atoms with Crippen LogP contribution in [0.15, 0.2) is 59.5 Å². The number of thiocarbonyl (C=S) groups is 1. The number of hydrogen-bond donors (Lipinski definition) is 1. The Morgan fingerprint density at radius 3 is 2.53 bits per heavy atom. The van der Waals surface area contributed by atoms with Gasteiger partial charge in [0.05, 0.1) is 16.2 Å². The third kappa shape index (κ3) is 4.33. The molecule has 1 aliphatic heterocycles. The zero-order chi connectivity index (χ0) is 25.6. The molecule has 12 heteroatoms. The molecule has 182 valence electrons. The van der Waals surface area contributed by atoms with Crippen molar-refractivity contribution in [1.29, 1.82) is 0 Å². The number of carbonyl (C=O) groups is 1. The molecule has 4 aromatic rings. The second-order valence-corrected chi connectivity index (χ2v) is 9.69. The molecule has 36 heavy (non-hydrogen) atoms. The summed E-state index contributed by atoms with van der Waals surface area (Å²) in [6.45, 7) is 3.87. The fourth-order valence-corrected chi connectivity index (χ4v) is 5.34. The fourth-order valence-electron chi connectivity index (χ4n) is 4.05. The number of amides is 1. The van der Waals surface area contributed by atoms with E-state index in [1.54, 1.807) is 6.08 Å². The topological polar surface area (TPSA) is 79.7 Å². The molecule has 1 fully saturated rings. The molecule has 0 radical (unpaired) electrons. The molecule has 0 atom stereocenters.